The summed E-state index contributed by atoms with van der Waals surface area (Å²) in [5, 5.41) is 12.9. The Morgan fingerprint density at radius 2 is 2.06 bits per heavy atom. The molecule has 0 aliphatic carbocycles. The number of carboxylic acid groups (broad SMARTS) is 1. The fourth-order valence-corrected chi connectivity index (χ4v) is 1.05. The Labute approximate surface area is 96.8 Å². The molecule has 7 nitrogen and oxygen atoms in total. The summed E-state index contributed by atoms with van der Waals surface area (Å²) in [5.41, 5.74) is 0. The molecule has 0 aromatic carbocycles. The van der Waals surface area contributed by atoms with E-state index in [2.05, 4.69) is 10.6 Å². The highest BCUT2D eigenvalue weighted by molar-refractivity contribution is 5.91. The van der Waals surface area contributed by atoms with Gasteiger partial charge in [0.2, 0.25) is 5.91 Å². The molecule has 0 saturated carbocycles. The number of furan rings is 1. The number of nitrogens with one attached hydrogen (secondary N) is 2. The van der Waals surface area contributed by atoms with E-state index in [0.29, 0.717) is 0 Å². The number of aliphatic carboxylic acids is 1. The molecule has 0 unspecified atom stereocenters. The third kappa shape index (κ3) is 4.83. The summed E-state index contributed by atoms with van der Waals surface area (Å²) in [6, 6.07) is 3.08. The van der Waals surface area contributed by atoms with Gasteiger partial charge in [0.1, 0.15) is 6.54 Å². The van der Waals surface area contributed by atoms with Crippen molar-refractivity contribution < 1.29 is 23.9 Å². The van der Waals surface area contributed by atoms with E-state index in [1.54, 1.807) is 6.07 Å². The molecule has 0 atom stereocenters. The van der Waals surface area contributed by atoms with Crippen LogP contribution in [-0.4, -0.2) is 36.0 Å². The van der Waals surface area contributed by atoms with Crippen molar-refractivity contribution in [1.29, 1.82) is 0 Å². The molecule has 92 valence electrons. The van der Waals surface area contributed by atoms with E-state index >= 15 is 0 Å². The molecule has 0 saturated heterocycles. The highest BCUT2D eigenvalue weighted by atomic mass is 16.4. The van der Waals surface area contributed by atoms with Crippen molar-refractivity contribution in [3.63, 3.8) is 0 Å². The summed E-state index contributed by atoms with van der Waals surface area (Å²) in [5.74, 6) is -1.80. The van der Waals surface area contributed by atoms with Gasteiger partial charge in [-0.3, -0.25) is 14.4 Å². The van der Waals surface area contributed by atoms with E-state index in [1.165, 1.54) is 12.3 Å². The molecule has 7 heteroatoms. The molecule has 2 amide bonds. The van der Waals surface area contributed by atoms with Gasteiger partial charge in [-0.15, -0.1) is 0 Å². The Balaban J connectivity index is 2.17. The molecule has 17 heavy (non-hydrogen) atoms. The van der Waals surface area contributed by atoms with Crippen LogP contribution in [0.25, 0.3) is 0 Å². The number of carbonyl (C=O) groups is 3. The van der Waals surface area contributed by atoms with Gasteiger partial charge in [-0.05, 0) is 12.1 Å². The molecule has 1 rings (SSSR count). The maximum Gasteiger partial charge on any atom is 0.322 e. The van der Waals surface area contributed by atoms with Crippen LogP contribution in [0.3, 0.4) is 0 Å². The molecule has 1 heterocycles. The fraction of sp³-hybridized carbons (Fsp3) is 0.300. The van der Waals surface area contributed by atoms with Gasteiger partial charge in [0, 0.05) is 13.0 Å². The van der Waals surface area contributed by atoms with Crippen molar-refractivity contribution in [1.82, 2.24) is 10.6 Å². The quantitative estimate of drug-likeness (QED) is 0.627. The highest BCUT2D eigenvalue weighted by Crippen LogP contribution is 1.98. The van der Waals surface area contributed by atoms with Crippen LogP contribution in [0.2, 0.25) is 0 Å². The van der Waals surface area contributed by atoms with Crippen molar-refractivity contribution in [3.8, 4) is 0 Å². The van der Waals surface area contributed by atoms with Gasteiger partial charge in [-0.1, -0.05) is 0 Å². The Bertz CT molecular complexity index is 399. The third-order valence-electron chi connectivity index (χ3n) is 1.82. The second-order valence-corrected chi connectivity index (χ2v) is 3.15. The first kappa shape index (κ1) is 12.8. The van der Waals surface area contributed by atoms with Crippen LogP contribution >= 0.6 is 0 Å². The first-order valence-corrected chi connectivity index (χ1v) is 4.90. The average Bonchev–Trinajstić information content (AvgIpc) is 2.79. The van der Waals surface area contributed by atoms with E-state index < -0.39 is 24.3 Å². The SMILES string of the molecule is O=C(O)CNC(=O)CCNC(=O)c1ccco1. The van der Waals surface area contributed by atoms with Gasteiger partial charge in [0.25, 0.3) is 5.91 Å². The van der Waals surface area contributed by atoms with Crippen molar-refractivity contribution in [2.24, 2.45) is 0 Å². The number of rotatable bonds is 6. The van der Waals surface area contributed by atoms with Gasteiger partial charge in [0.05, 0.1) is 6.26 Å². The molecule has 0 bridgehead atoms. The van der Waals surface area contributed by atoms with E-state index in [-0.39, 0.29) is 18.7 Å². The van der Waals surface area contributed by atoms with Gasteiger partial charge < -0.3 is 20.2 Å². The van der Waals surface area contributed by atoms with Gasteiger partial charge >= 0.3 is 5.97 Å². The van der Waals surface area contributed by atoms with Crippen molar-refractivity contribution in [2.45, 2.75) is 6.42 Å². The first-order chi connectivity index (χ1) is 8.09. The number of amides is 2. The lowest BCUT2D eigenvalue weighted by atomic mass is 10.3. The lowest BCUT2D eigenvalue weighted by Gasteiger charge is -2.03. The molecule has 0 aliphatic heterocycles. The zero-order chi connectivity index (χ0) is 12.7. The second kappa shape index (κ2) is 6.31. The monoisotopic (exact) mass is 240 g/mol. The van der Waals surface area contributed by atoms with Crippen LogP contribution in [0.1, 0.15) is 17.0 Å². The van der Waals surface area contributed by atoms with E-state index in [9.17, 15) is 14.4 Å². The van der Waals surface area contributed by atoms with Crippen LogP contribution in [0, 0.1) is 0 Å². The Morgan fingerprint density at radius 1 is 1.29 bits per heavy atom. The second-order valence-electron chi connectivity index (χ2n) is 3.15. The number of hydrogen-bond acceptors (Lipinski definition) is 4. The standard InChI is InChI=1S/C10H12N2O5/c13-8(12-6-9(14)15)3-4-11-10(16)7-2-1-5-17-7/h1-2,5H,3-4,6H2,(H,11,16)(H,12,13)(H,14,15). The van der Waals surface area contributed by atoms with Gasteiger partial charge in [-0.25, -0.2) is 0 Å². The summed E-state index contributed by atoms with van der Waals surface area (Å²) >= 11 is 0. The summed E-state index contributed by atoms with van der Waals surface area (Å²) < 4.78 is 4.84. The number of carbonyl (C=O) groups excluding carboxylic acids is 2. The molecule has 0 radical (unpaired) electrons. The minimum atomic E-state index is -1.11. The van der Waals surface area contributed by atoms with Crippen LogP contribution in [0.4, 0.5) is 0 Å². The number of carboxylic acids is 1. The molecule has 1 aromatic heterocycles. The van der Waals surface area contributed by atoms with Gasteiger partial charge in [-0.2, -0.15) is 0 Å². The summed E-state index contributed by atoms with van der Waals surface area (Å²) in [6.07, 6.45) is 1.38. The Kier molecular flexibility index (Phi) is 4.74. The fourth-order valence-electron chi connectivity index (χ4n) is 1.05. The molecule has 0 spiro atoms. The third-order valence-corrected chi connectivity index (χ3v) is 1.82. The number of hydrogen-bond donors (Lipinski definition) is 3. The van der Waals surface area contributed by atoms with Crippen molar-refractivity contribution in [3.05, 3.63) is 24.2 Å². The zero-order valence-corrected chi connectivity index (χ0v) is 8.93. The molecule has 3 N–H and O–H groups in total. The summed E-state index contributed by atoms with van der Waals surface area (Å²) in [7, 11) is 0. The van der Waals surface area contributed by atoms with Crippen molar-refractivity contribution >= 4 is 17.8 Å². The molecule has 0 aliphatic rings. The average molecular weight is 240 g/mol. The first-order valence-electron chi connectivity index (χ1n) is 4.90. The minimum absolute atomic E-state index is 0.0136. The summed E-state index contributed by atoms with van der Waals surface area (Å²) in [6.45, 7) is -0.310. The molecule has 0 fully saturated rings. The van der Waals surface area contributed by atoms with Crippen LogP contribution in [0.15, 0.2) is 22.8 Å². The van der Waals surface area contributed by atoms with Crippen LogP contribution in [0.5, 0.6) is 0 Å². The van der Waals surface area contributed by atoms with Crippen LogP contribution in [-0.2, 0) is 9.59 Å². The zero-order valence-electron chi connectivity index (χ0n) is 8.93. The normalized spacial score (nSPS) is 9.65. The lowest BCUT2D eigenvalue weighted by molar-refractivity contribution is -0.137. The Hall–Kier alpha value is -2.31. The largest absolute Gasteiger partial charge is 0.480 e. The van der Waals surface area contributed by atoms with Crippen molar-refractivity contribution in [2.75, 3.05) is 13.1 Å². The predicted octanol–water partition coefficient (Wildman–Crippen LogP) is -0.400. The maximum atomic E-state index is 11.3. The Morgan fingerprint density at radius 3 is 2.65 bits per heavy atom. The maximum absolute atomic E-state index is 11.3. The van der Waals surface area contributed by atoms with Gasteiger partial charge in [0.15, 0.2) is 5.76 Å². The molecule has 1 aromatic rings. The topological polar surface area (TPSA) is 109 Å². The van der Waals surface area contributed by atoms with E-state index in [1.807, 2.05) is 0 Å². The predicted molar refractivity (Wildman–Crippen MR) is 56.3 cm³/mol. The summed E-state index contributed by atoms with van der Waals surface area (Å²) in [4.78, 5) is 32.5. The molecular weight excluding hydrogens is 228 g/mol. The lowest BCUT2D eigenvalue weighted by Crippen LogP contribution is -2.33. The minimum Gasteiger partial charge on any atom is -0.480 e. The highest BCUT2D eigenvalue weighted by Gasteiger charge is 2.08. The molecular formula is C10H12N2O5. The smallest absolute Gasteiger partial charge is 0.322 e. The van der Waals surface area contributed by atoms with E-state index in [0.717, 1.165) is 0 Å². The van der Waals surface area contributed by atoms with Crippen LogP contribution < -0.4 is 10.6 Å². The van der Waals surface area contributed by atoms with E-state index in [4.69, 9.17) is 9.52 Å².